The number of esters is 1. The van der Waals surface area contributed by atoms with E-state index in [4.69, 9.17) is 20.8 Å². The van der Waals surface area contributed by atoms with Crippen LogP contribution < -0.4 is 4.90 Å². The van der Waals surface area contributed by atoms with E-state index in [-0.39, 0.29) is 34.9 Å². The van der Waals surface area contributed by atoms with Crippen LogP contribution in [0.4, 0.5) is 5.69 Å². The zero-order chi connectivity index (χ0) is 32.5. The van der Waals surface area contributed by atoms with Crippen LogP contribution in [0.15, 0.2) is 105 Å². The molecule has 45 heavy (non-hydrogen) atoms. The summed E-state index contributed by atoms with van der Waals surface area (Å²) in [6.45, 7) is 7.61. The number of carbonyl (C=O) groups is 2. The lowest BCUT2D eigenvalue weighted by Crippen LogP contribution is -2.30. The van der Waals surface area contributed by atoms with Gasteiger partial charge in [-0.3, -0.25) is 9.69 Å². The Kier molecular flexibility index (Phi) is 9.16. The van der Waals surface area contributed by atoms with Crippen molar-refractivity contribution in [3.8, 4) is 0 Å². The number of ether oxygens (including phenoxy) is 1. The first kappa shape index (κ1) is 32.0. The van der Waals surface area contributed by atoms with Crippen molar-refractivity contribution in [2.24, 2.45) is 0 Å². The highest BCUT2D eigenvalue weighted by atomic mass is 35.5. The highest BCUT2D eigenvalue weighted by Crippen LogP contribution is 2.36. The Morgan fingerprint density at radius 2 is 1.60 bits per heavy atom. The monoisotopic (exact) mass is 644 g/mol. The van der Waals surface area contributed by atoms with Crippen molar-refractivity contribution in [3.05, 3.63) is 135 Å². The average molecular weight is 645 g/mol. The number of furan rings is 1. The SMILES string of the molecule is COC(=O)C1=C(C)N(c2ccc(C)c(C)c2)C(=O)/C1=C/c1ccc(CN(Cc2ccc(C)cc2)S(=O)(=O)c2ccc(Cl)cc2)o1. The largest absolute Gasteiger partial charge is 0.465 e. The van der Waals surface area contributed by atoms with Crippen molar-refractivity contribution in [1.29, 1.82) is 0 Å². The van der Waals surface area contributed by atoms with Crippen molar-refractivity contribution in [1.82, 2.24) is 4.31 Å². The van der Waals surface area contributed by atoms with Crippen LogP contribution in [-0.4, -0.2) is 31.7 Å². The van der Waals surface area contributed by atoms with E-state index in [1.54, 1.807) is 19.1 Å². The summed E-state index contributed by atoms with van der Waals surface area (Å²) in [5.41, 5.74) is 5.25. The van der Waals surface area contributed by atoms with Crippen LogP contribution in [0, 0.1) is 20.8 Å². The predicted octanol–water partition coefficient (Wildman–Crippen LogP) is 7.13. The number of benzene rings is 3. The van der Waals surface area contributed by atoms with E-state index in [9.17, 15) is 18.0 Å². The lowest BCUT2D eigenvalue weighted by Gasteiger charge is -2.21. The molecular formula is C35H33ClN2O6S. The smallest absolute Gasteiger partial charge is 0.340 e. The van der Waals surface area contributed by atoms with Crippen LogP contribution in [0.5, 0.6) is 0 Å². The van der Waals surface area contributed by atoms with E-state index < -0.39 is 21.9 Å². The number of hydrogen-bond donors (Lipinski definition) is 0. The van der Waals surface area contributed by atoms with Crippen LogP contribution in [0.1, 0.15) is 40.7 Å². The van der Waals surface area contributed by atoms with Gasteiger partial charge in [0.2, 0.25) is 10.0 Å². The molecule has 0 atom stereocenters. The van der Waals surface area contributed by atoms with Gasteiger partial charge in [-0.1, -0.05) is 47.5 Å². The average Bonchev–Trinajstić information content (AvgIpc) is 3.55. The number of allylic oxidation sites excluding steroid dienone is 1. The highest BCUT2D eigenvalue weighted by molar-refractivity contribution is 7.89. The molecule has 3 aromatic carbocycles. The Bertz CT molecular complexity index is 1940. The third-order valence-electron chi connectivity index (χ3n) is 7.77. The molecule has 0 saturated carbocycles. The van der Waals surface area contributed by atoms with Crippen molar-refractivity contribution in [3.63, 3.8) is 0 Å². The number of methoxy groups -OCH3 is 1. The van der Waals surface area contributed by atoms with Gasteiger partial charge < -0.3 is 9.15 Å². The second-order valence-corrected chi connectivity index (χ2v) is 13.3. The molecule has 8 nitrogen and oxygen atoms in total. The molecule has 0 bridgehead atoms. The van der Waals surface area contributed by atoms with Gasteiger partial charge in [-0.05, 0) is 99.0 Å². The van der Waals surface area contributed by atoms with Crippen LogP contribution in [0.3, 0.4) is 0 Å². The number of halogens is 1. The molecule has 1 aromatic heterocycles. The second-order valence-electron chi connectivity index (χ2n) is 10.9. The van der Waals surface area contributed by atoms with E-state index >= 15 is 0 Å². The quantitative estimate of drug-likeness (QED) is 0.142. The molecule has 0 spiro atoms. The molecule has 0 unspecified atom stereocenters. The van der Waals surface area contributed by atoms with Gasteiger partial charge in [0.25, 0.3) is 5.91 Å². The zero-order valence-electron chi connectivity index (χ0n) is 25.6. The summed E-state index contributed by atoms with van der Waals surface area (Å²) in [7, 11) is -2.69. The second kappa shape index (κ2) is 12.9. The summed E-state index contributed by atoms with van der Waals surface area (Å²) in [4.78, 5) is 28.2. The van der Waals surface area contributed by atoms with E-state index in [0.717, 1.165) is 22.3 Å². The van der Waals surface area contributed by atoms with E-state index in [1.165, 1.54) is 46.7 Å². The number of aryl methyl sites for hydroxylation is 3. The molecule has 0 aliphatic carbocycles. The molecule has 1 aliphatic heterocycles. The molecule has 0 radical (unpaired) electrons. The van der Waals surface area contributed by atoms with Gasteiger partial charge >= 0.3 is 5.97 Å². The number of hydrogen-bond acceptors (Lipinski definition) is 6. The molecule has 1 amide bonds. The van der Waals surface area contributed by atoms with E-state index in [0.29, 0.717) is 22.2 Å². The Balaban J connectivity index is 1.49. The number of nitrogens with zero attached hydrogens (tertiary/aromatic N) is 2. The van der Waals surface area contributed by atoms with Gasteiger partial charge in [-0.25, -0.2) is 13.2 Å². The van der Waals surface area contributed by atoms with E-state index in [2.05, 4.69) is 0 Å². The fourth-order valence-corrected chi connectivity index (χ4v) is 6.63. The van der Waals surface area contributed by atoms with Crippen molar-refractivity contribution in [2.75, 3.05) is 12.0 Å². The minimum absolute atomic E-state index is 0.0799. The van der Waals surface area contributed by atoms with Crippen molar-refractivity contribution in [2.45, 2.75) is 45.7 Å². The van der Waals surface area contributed by atoms with Gasteiger partial charge in [-0.15, -0.1) is 0 Å². The number of sulfonamides is 1. The van der Waals surface area contributed by atoms with Gasteiger partial charge in [-0.2, -0.15) is 4.31 Å². The summed E-state index contributed by atoms with van der Waals surface area (Å²) in [6, 6.07) is 22.5. The summed E-state index contributed by atoms with van der Waals surface area (Å²) < 4.78 is 39.9. The Labute approximate surface area is 268 Å². The Morgan fingerprint density at radius 1 is 0.911 bits per heavy atom. The minimum atomic E-state index is -3.95. The molecule has 0 fully saturated rings. The number of rotatable bonds is 9. The van der Waals surface area contributed by atoms with Gasteiger partial charge in [0, 0.05) is 23.0 Å². The normalized spacial score (nSPS) is 14.6. The zero-order valence-corrected chi connectivity index (χ0v) is 27.2. The lowest BCUT2D eigenvalue weighted by atomic mass is 10.1. The Hall–Kier alpha value is -4.44. The van der Waals surface area contributed by atoms with Crippen molar-refractivity contribution >= 4 is 45.3 Å². The molecule has 2 heterocycles. The number of carbonyl (C=O) groups excluding carboxylic acids is 2. The van der Waals surface area contributed by atoms with Crippen LogP contribution >= 0.6 is 11.6 Å². The van der Waals surface area contributed by atoms with Crippen molar-refractivity contribution < 1.29 is 27.2 Å². The first-order chi connectivity index (χ1) is 21.4. The fourth-order valence-electron chi connectivity index (χ4n) is 5.11. The summed E-state index contributed by atoms with van der Waals surface area (Å²) >= 11 is 6.02. The molecule has 0 N–H and O–H groups in total. The third-order valence-corrected chi connectivity index (χ3v) is 9.83. The van der Waals surface area contributed by atoms with Crippen LogP contribution in [-0.2, 0) is 37.4 Å². The standard InChI is InChI=1S/C35H33ClN2O6S/c1-22-6-9-26(10-7-22)20-37(45(41,42)31-16-11-27(36)12-17-31)21-30-15-14-29(44-30)19-32-33(35(40)43-5)25(4)38(34(32)39)28-13-8-23(2)24(3)18-28/h6-19H,20-21H2,1-5H3/b32-19+. The fraction of sp³-hybridized carbons (Fsp3) is 0.200. The Morgan fingerprint density at radius 3 is 2.24 bits per heavy atom. The summed E-state index contributed by atoms with van der Waals surface area (Å²) in [5.74, 6) is -0.420. The molecule has 232 valence electrons. The predicted molar refractivity (Wildman–Crippen MR) is 174 cm³/mol. The summed E-state index contributed by atoms with van der Waals surface area (Å²) in [6.07, 6.45) is 1.49. The van der Waals surface area contributed by atoms with Gasteiger partial charge in [0.05, 0.1) is 29.7 Å². The minimum Gasteiger partial charge on any atom is -0.465 e. The van der Waals surface area contributed by atoms with Gasteiger partial charge in [0.1, 0.15) is 11.5 Å². The van der Waals surface area contributed by atoms with Crippen LogP contribution in [0.2, 0.25) is 5.02 Å². The molecule has 10 heteroatoms. The number of amides is 1. The topological polar surface area (TPSA) is 97.1 Å². The maximum atomic E-state index is 13.8. The van der Waals surface area contributed by atoms with Gasteiger partial charge in [0.15, 0.2) is 0 Å². The highest BCUT2D eigenvalue weighted by Gasteiger charge is 2.38. The lowest BCUT2D eigenvalue weighted by molar-refractivity contribution is -0.136. The first-order valence-electron chi connectivity index (χ1n) is 14.2. The summed E-state index contributed by atoms with van der Waals surface area (Å²) in [5, 5.41) is 0.427. The molecule has 4 aromatic rings. The van der Waals surface area contributed by atoms with E-state index in [1.807, 2.05) is 63.2 Å². The number of anilines is 1. The third kappa shape index (κ3) is 6.66. The molecule has 5 rings (SSSR count). The van der Waals surface area contributed by atoms with Crippen LogP contribution in [0.25, 0.3) is 6.08 Å². The molecule has 0 saturated heterocycles. The molecular weight excluding hydrogens is 612 g/mol. The first-order valence-corrected chi connectivity index (χ1v) is 16.0. The maximum Gasteiger partial charge on any atom is 0.340 e. The maximum absolute atomic E-state index is 13.8. The molecule has 1 aliphatic rings.